The van der Waals surface area contributed by atoms with Crippen LogP contribution in [0.3, 0.4) is 0 Å². The highest BCUT2D eigenvalue weighted by molar-refractivity contribution is 5.35. The second-order valence-corrected chi connectivity index (χ2v) is 15.2. The fraction of sp³-hybridized carbons (Fsp3) is 0.829. The number of aliphatic hydroxyl groups is 5. The van der Waals surface area contributed by atoms with E-state index >= 15 is 0 Å². The van der Waals surface area contributed by atoms with Crippen molar-refractivity contribution in [3.63, 3.8) is 0 Å². The van der Waals surface area contributed by atoms with Crippen LogP contribution >= 0.6 is 0 Å². The summed E-state index contributed by atoms with van der Waals surface area (Å²) in [4.78, 5) is 0. The molecule has 2 unspecified atom stereocenters. The molecule has 2 saturated carbocycles. The molecule has 5 rings (SSSR count). The van der Waals surface area contributed by atoms with Gasteiger partial charge in [0.25, 0.3) is 0 Å². The fourth-order valence-corrected chi connectivity index (χ4v) is 9.21. The maximum Gasteiger partial charge on any atom is 0.449 e. The zero-order valence-corrected chi connectivity index (χ0v) is 28.6. The van der Waals surface area contributed by atoms with Gasteiger partial charge in [0.05, 0.1) is 24.9 Å². The van der Waals surface area contributed by atoms with Crippen LogP contribution in [0.15, 0.2) is 22.7 Å². The lowest BCUT2D eigenvalue weighted by Gasteiger charge is -2.54. The van der Waals surface area contributed by atoms with Gasteiger partial charge in [-0.05, 0) is 82.5 Å². The molecule has 0 aromatic heterocycles. The van der Waals surface area contributed by atoms with E-state index in [9.17, 15) is 51.9 Å². The van der Waals surface area contributed by atoms with Gasteiger partial charge in [-0.3, -0.25) is 0 Å². The number of hydrogen-bond acceptors (Lipinski definition) is 9. The summed E-state index contributed by atoms with van der Waals surface area (Å²) < 4.78 is 107. The van der Waals surface area contributed by atoms with Gasteiger partial charge >= 0.3 is 12.4 Å². The molecule has 284 valence electrons. The first-order valence-electron chi connectivity index (χ1n) is 17.3. The van der Waals surface area contributed by atoms with Gasteiger partial charge in [-0.2, -0.15) is 26.3 Å². The van der Waals surface area contributed by atoms with Crippen molar-refractivity contribution in [2.24, 2.45) is 35.5 Å². The van der Waals surface area contributed by atoms with Gasteiger partial charge in [-0.25, -0.2) is 0 Å². The topological polar surface area (TPSA) is 138 Å². The van der Waals surface area contributed by atoms with Crippen molar-refractivity contribution >= 4 is 0 Å². The number of ether oxygens (including phenoxy) is 4. The second-order valence-electron chi connectivity index (χ2n) is 15.2. The molecule has 0 radical (unpaired) electrons. The molecule has 5 N–H and O–H groups in total. The smallest absolute Gasteiger partial charge is 0.449 e. The fourth-order valence-electron chi connectivity index (χ4n) is 9.21. The van der Waals surface area contributed by atoms with Crippen molar-refractivity contribution in [1.29, 1.82) is 0 Å². The molecule has 2 aliphatic carbocycles. The lowest BCUT2D eigenvalue weighted by atomic mass is 9.59. The summed E-state index contributed by atoms with van der Waals surface area (Å²) in [5, 5.41) is 56.0. The largest absolute Gasteiger partial charge is 0.504 e. The first-order chi connectivity index (χ1) is 23.1. The third kappa shape index (κ3) is 7.40. The first-order valence-corrected chi connectivity index (χ1v) is 17.3. The van der Waals surface area contributed by atoms with Gasteiger partial charge in [-0.1, -0.05) is 25.7 Å². The van der Waals surface area contributed by atoms with E-state index in [4.69, 9.17) is 18.9 Å². The molecule has 50 heavy (non-hydrogen) atoms. The summed E-state index contributed by atoms with van der Waals surface area (Å²) in [6, 6.07) is 0. The molecule has 15 heteroatoms. The molecule has 3 aliphatic heterocycles. The molecular weight excluding hydrogens is 678 g/mol. The Kier molecular flexibility index (Phi) is 11.0. The maximum atomic E-state index is 14.4. The quantitative estimate of drug-likeness (QED) is 0.109. The Morgan fingerprint density at radius 3 is 2.26 bits per heavy atom. The summed E-state index contributed by atoms with van der Waals surface area (Å²) in [5.41, 5.74) is -5.04. The number of halogens is 6. The Morgan fingerprint density at radius 1 is 0.940 bits per heavy atom. The van der Waals surface area contributed by atoms with Crippen LogP contribution in [0.25, 0.3) is 0 Å². The van der Waals surface area contributed by atoms with E-state index in [-0.39, 0.29) is 50.2 Å². The molecule has 0 aromatic rings. The van der Waals surface area contributed by atoms with E-state index in [1.807, 2.05) is 20.8 Å². The molecular formula is C35H48F6O9. The minimum atomic E-state index is -5.15. The summed E-state index contributed by atoms with van der Waals surface area (Å²) in [7, 11) is 0. The molecule has 9 nitrogen and oxygen atoms in total. The van der Waals surface area contributed by atoms with Crippen LogP contribution in [0.2, 0.25) is 0 Å². The molecule has 3 heterocycles. The number of aliphatic hydroxyl groups excluding tert-OH is 2. The van der Waals surface area contributed by atoms with Crippen molar-refractivity contribution in [3.8, 4) is 11.8 Å². The third-order valence-electron chi connectivity index (χ3n) is 11.8. The van der Waals surface area contributed by atoms with Gasteiger partial charge in [-0.15, -0.1) is 0 Å². The van der Waals surface area contributed by atoms with Crippen LogP contribution in [0, 0.1) is 47.3 Å². The van der Waals surface area contributed by atoms with Gasteiger partial charge in [0.2, 0.25) is 12.0 Å². The number of allylic oxidation sites excluding steroid dienone is 2. The molecule has 0 bridgehead atoms. The van der Waals surface area contributed by atoms with Crippen LogP contribution in [-0.2, 0) is 18.9 Å². The Labute approximate surface area is 287 Å². The normalized spacial score (nSPS) is 42.0. The summed E-state index contributed by atoms with van der Waals surface area (Å²) in [6.07, 6.45) is -12.1. The number of hydrogen-bond donors (Lipinski definition) is 5. The van der Waals surface area contributed by atoms with Crippen LogP contribution < -0.4 is 0 Å². The number of alkyl halides is 6. The zero-order chi connectivity index (χ0) is 37.0. The standard InChI is InChI=1S/C35H48F6O9/c1-18-7-10-24(32(45)17-48-20(3)9-12-22(18)32)21(28(43)34(36,37)38)16-47-15-5-6-26(42)27-25-11-8-19(2)23-13-14-31(4,44)50-30(33(23,25)46)49-29(27)35(39,40)41/h18-20,22-26,30,42-46H,7-17H2,1-4H3/b28-21-/t18-,19-,20+,22+,23+,24?,25+,26?,30-,31+,32-,33-/m1/s1. The average Bonchev–Trinajstić information content (AvgIpc) is 3.23. The van der Waals surface area contributed by atoms with Crippen molar-refractivity contribution in [2.45, 2.75) is 127 Å². The Hall–Kier alpha value is -2.06. The molecule has 0 spiro atoms. The summed E-state index contributed by atoms with van der Waals surface area (Å²) >= 11 is 0. The van der Waals surface area contributed by atoms with E-state index in [1.165, 1.54) is 6.92 Å². The highest BCUT2D eigenvalue weighted by atomic mass is 19.4. The van der Waals surface area contributed by atoms with Gasteiger partial charge in [0, 0.05) is 29.4 Å². The Morgan fingerprint density at radius 2 is 1.60 bits per heavy atom. The highest BCUT2D eigenvalue weighted by Gasteiger charge is 2.65. The van der Waals surface area contributed by atoms with Gasteiger partial charge in [0.15, 0.2) is 11.5 Å². The second kappa shape index (κ2) is 14.1. The lowest BCUT2D eigenvalue weighted by molar-refractivity contribution is -0.346. The minimum Gasteiger partial charge on any atom is -0.504 e. The SMILES string of the molecule is C[C@@H]1CC[C@H]2C(C(O)C#CCOC/C(=C(/O)C(F)(F)F)C3CC[C@@H](C)[C@@H]4CC[C@H](C)OC[C@]34O)=C(C(F)(F)F)O[C@@H]3O[C@](C)(O)CC[C@@H]1[C@]32O. The Balaban J connectivity index is 1.40. The average molecular weight is 727 g/mol. The molecule has 12 atom stereocenters. The van der Waals surface area contributed by atoms with E-state index < -0.39 is 101 Å². The van der Waals surface area contributed by atoms with Gasteiger partial charge in [0.1, 0.15) is 18.3 Å². The maximum absolute atomic E-state index is 14.4. The molecule has 4 fully saturated rings. The molecule has 0 amide bonds. The number of rotatable bonds is 5. The van der Waals surface area contributed by atoms with Crippen molar-refractivity contribution in [2.75, 3.05) is 19.8 Å². The van der Waals surface area contributed by atoms with E-state index in [0.29, 0.717) is 25.7 Å². The van der Waals surface area contributed by atoms with E-state index in [1.54, 1.807) is 0 Å². The minimum absolute atomic E-state index is 0.0129. The lowest BCUT2D eigenvalue weighted by Crippen LogP contribution is -2.64. The summed E-state index contributed by atoms with van der Waals surface area (Å²) in [6.45, 7) is 5.16. The zero-order valence-electron chi connectivity index (χ0n) is 28.6. The van der Waals surface area contributed by atoms with Crippen molar-refractivity contribution < 1.29 is 70.8 Å². The summed E-state index contributed by atoms with van der Waals surface area (Å²) in [5.74, 6) is -4.43. The third-order valence-corrected chi connectivity index (χ3v) is 11.8. The van der Waals surface area contributed by atoms with Gasteiger partial charge < -0.3 is 44.5 Å². The molecule has 2 saturated heterocycles. The van der Waals surface area contributed by atoms with Crippen LogP contribution in [0.5, 0.6) is 0 Å². The molecule has 0 aromatic carbocycles. The Bertz CT molecular complexity index is 1380. The predicted molar refractivity (Wildman–Crippen MR) is 165 cm³/mol. The highest BCUT2D eigenvalue weighted by Crippen LogP contribution is 2.57. The van der Waals surface area contributed by atoms with Crippen molar-refractivity contribution in [3.05, 3.63) is 22.7 Å². The monoisotopic (exact) mass is 726 g/mol. The van der Waals surface area contributed by atoms with E-state index in [0.717, 1.165) is 0 Å². The van der Waals surface area contributed by atoms with Crippen LogP contribution in [0.1, 0.15) is 79.1 Å². The number of fused-ring (bicyclic) bond motifs is 1. The van der Waals surface area contributed by atoms with Crippen LogP contribution in [-0.4, -0.2) is 93.2 Å². The predicted octanol–water partition coefficient (Wildman–Crippen LogP) is 5.42. The van der Waals surface area contributed by atoms with Crippen LogP contribution in [0.4, 0.5) is 26.3 Å². The first kappa shape index (κ1) is 39.2. The van der Waals surface area contributed by atoms with E-state index in [2.05, 4.69) is 11.8 Å². The van der Waals surface area contributed by atoms with Crippen molar-refractivity contribution in [1.82, 2.24) is 0 Å². The molecule has 5 aliphatic rings.